The number of hydrogen-bond acceptors (Lipinski definition) is 4. The summed E-state index contributed by atoms with van der Waals surface area (Å²) in [5.74, 6) is -1.17. The minimum Gasteiger partial charge on any atom is -0.480 e. The first kappa shape index (κ1) is 15.0. The molecule has 0 aliphatic heterocycles. The third kappa shape index (κ3) is 5.87. The lowest BCUT2D eigenvalue weighted by Crippen LogP contribution is -2.46. The predicted molar refractivity (Wildman–Crippen MR) is 66.5 cm³/mol. The van der Waals surface area contributed by atoms with Crippen molar-refractivity contribution >= 4 is 12.0 Å². The maximum atomic E-state index is 11.4. The van der Waals surface area contributed by atoms with E-state index in [4.69, 9.17) is 10.2 Å². The number of urea groups is 1. The molecule has 19 heavy (non-hydrogen) atoms. The van der Waals surface area contributed by atoms with E-state index in [1.165, 1.54) is 0 Å². The average molecular weight is 270 g/mol. The van der Waals surface area contributed by atoms with Gasteiger partial charge in [-0.05, 0) is 12.5 Å². The van der Waals surface area contributed by atoms with Crippen molar-refractivity contribution in [2.45, 2.75) is 25.4 Å². The summed E-state index contributed by atoms with van der Waals surface area (Å²) in [6, 6.07) is 0.185. The fraction of sp³-hybridized carbons (Fsp3) is 0.545. The van der Waals surface area contributed by atoms with E-state index in [0.717, 1.165) is 0 Å². The Kier molecular flexibility index (Phi) is 6.37. The average Bonchev–Trinajstić information content (AvgIpc) is 2.87. The van der Waals surface area contributed by atoms with Crippen LogP contribution in [0.25, 0.3) is 0 Å². The van der Waals surface area contributed by atoms with Gasteiger partial charge in [0.25, 0.3) is 0 Å². The summed E-state index contributed by atoms with van der Waals surface area (Å²) in [7, 11) is 0. The zero-order valence-electron chi connectivity index (χ0n) is 10.5. The molecule has 4 N–H and O–H groups in total. The molecule has 0 radical (unpaired) electrons. The zero-order valence-corrected chi connectivity index (χ0v) is 10.5. The molecule has 2 amide bonds. The molecule has 106 valence electrons. The van der Waals surface area contributed by atoms with E-state index in [0.29, 0.717) is 19.5 Å². The first-order valence-corrected chi connectivity index (χ1v) is 5.99. The lowest BCUT2D eigenvalue weighted by atomic mass is 10.2. The summed E-state index contributed by atoms with van der Waals surface area (Å²) >= 11 is 0. The van der Waals surface area contributed by atoms with Gasteiger partial charge in [-0.25, -0.2) is 9.59 Å². The first-order valence-electron chi connectivity index (χ1n) is 5.99. The largest absolute Gasteiger partial charge is 0.480 e. The molecule has 0 fully saturated rings. The molecule has 0 saturated carbocycles. The molecule has 1 aromatic rings. The van der Waals surface area contributed by atoms with Crippen molar-refractivity contribution in [2.75, 3.05) is 13.2 Å². The van der Waals surface area contributed by atoms with Gasteiger partial charge in [-0.2, -0.15) is 5.10 Å². The maximum Gasteiger partial charge on any atom is 0.326 e. The van der Waals surface area contributed by atoms with Gasteiger partial charge in [-0.15, -0.1) is 0 Å². The Balaban J connectivity index is 2.17. The minimum atomic E-state index is -1.17. The predicted octanol–water partition coefficient (Wildman–Crippen LogP) is -0.592. The van der Waals surface area contributed by atoms with E-state index >= 15 is 0 Å². The number of carbonyl (C=O) groups is 2. The van der Waals surface area contributed by atoms with E-state index in [-0.39, 0.29) is 13.0 Å². The number of carbonyl (C=O) groups excluding carboxylic acids is 1. The summed E-state index contributed by atoms with van der Waals surface area (Å²) < 4.78 is 1.74. The Hall–Kier alpha value is -2.09. The Morgan fingerprint density at radius 2 is 2.21 bits per heavy atom. The standard InChI is InChI=1S/C11H18N4O4/c16-8-3-9(10(17)18)14-11(19)12-4-1-6-15-7-2-5-13-15/h2,5,7,9,16H,1,3-4,6,8H2,(H,17,18)(H2,12,14,19). The Morgan fingerprint density at radius 1 is 1.42 bits per heavy atom. The molecular formula is C11H18N4O4. The van der Waals surface area contributed by atoms with Gasteiger partial charge in [0.15, 0.2) is 0 Å². The topological polar surface area (TPSA) is 116 Å². The number of aliphatic carboxylic acids is 1. The van der Waals surface area contributed by atoms with Gasteiger partial charge in [0.1, 0.15) is 6.04 Å². The van der Waals surface area contributed by atoms with Crippen molar-refractivity contribution in [2.24, 2.45) is 0 Å². The normalized spacial score (nSPS) is 11.8. The van der Waals surface area contributed by atoms with Crippen LogP contribution in [0.15, 0.2) is 18.5 Å². The molecule has 8 nitrogen and oxygen atoms in total. The number of aliphatic hydroxyl groups excluding tert-OH is 1. The van der Waals surface area contributed by atoms with Gasteiger partial charge in [0.05, 0.1) is 0 Å². The second-order valence-electron chi connectivity index (χ2n) is 3.93. The molecule has 0 spiro atoms. The Labute approximate surface area is 110 Å². The molecule has 0 aromatic carbocycles. The summed E-state index contributed by atoms with van der Waals surface area (Å²) in [5, 5.41) is 26.3. The highest BCUT2D eigenvalue weighted by Gasteiger charge is 2.18. The molecule has 1 atom stereocenters. The van der Waals surface area contributed by atoms with Gasteiger partial charge in [-0.1, -0.05) is 0 Å². The highest BCUT2D eigenvalue weighted by Crippen LogP contribution is 1.92. The number of nitrogens with one attached hydrogen (secondary N) is 2. The molecular weight excluding hydrogens is 252 g/mol. The molecule has 0 aliphatic carbocycles. The molecule has 1 aromatic heterocycles. The second kappa shape index (κ2) is 8.09. The van der Waals surface area contributed by atoms with Crippen molar-refractivity contribution in [1.82, 2.24) is 20.4 Å². The molecule has 0 saturated heterocycles. The fourth-order valence-electron chi connectivity index (χ4n) is 1.47. The number of aryl methyl sites for hydroxylation is 1. The lowest BCUT2D eigenvalue weighted by Gasteiger charge is -2.13. The molecule has 1 rings (SSSR count). The zero-order chi connectivity index (χ0) is 14.1. The highest BCUT2D eigenvalue weighted by molar-refractivity contribution is 5.82. The fourth-order valence-corrected chi connectivity index (χ4v) is 1.47. The summed E-state index contributed by atoms with van der Waals surface area (Å²) in [4.78, 5) is 22.1. The van der Waals surface area contributed by atoms with Crippen molar-refractivity contribution in [1.29, 1.82) is 0 Å². The maximum absolute atomic E-state index is 11.4. The molecule has 0 bridgehead atoms. The third-order valence-electron chi connectivity index (χ3n) is 2.43. The number of aliphatic hydroxyl groups is 1. The van der Waals surface area contributed by atoms with Gasteiger partial charge in [-0.3, -0.25) is 4.68 Å². The quantitative estimate of drug-likeness (QED) is 0.471. The minimum absolute atomic E-state index is 0.0178. The van der Waals surface area contributed by atoms with Crippen LogP contribution < -0.4 is 10.6 Å². The number of carboxylic acids is 1. The lowest BCUT2D eigenvalue weighted by molar-refractivity contribution is -0.139. The van der Waals surface area contributed by atoms with Gasteiger partial charge in [0.2, 0.25) is 0 Å². The number of aromatic nitrogens is 2. The summed E-state index contributed by atoms with van der Waals surface area (Å²) in [6.45, 7) is 0.792. The second-order valence-corrected chi connectivity index (χ2v) is 3.93. The monoisotopic (exact) mass is 270 g/mol. The molecule has 0 aliphatic rings. The highest BCUT2D eigenvalue weighted by atomic mass is 16.4. The number of rotatable bonds is 8. The van der Waals surface area contributed by atoms with E-state index in [1.54, 1.807) is 10.9 Å². The van der Waals surface area contributed by atoms with E-state index < -0.39 is 18.0 Å². The SMILES string of the molecule is O=C(NCCCn1cccn1)NC(CCO)C(=O)O. The third-order valence-corrected chi connectivity index (χ3v) is 2.43. The van der Waals surface area contributed by atoms with Crippen LogP contribution in [0.3, 0.4) is 0 Å². The number of amides is 2. The number of carboxylic acid groups (broad SMARTS) is 1. The van der Waals surface area contributed by atoms with Crippen LogP contribution in [-0.2, 0) is 11.3 Å². The smallest absolute Gasteiger partial charge is 0.326 e. The van der Waals surface area contributed by atoms with Crippen LogP contribution in [0.5, 0.6) is 0 Å². The van der Waals surface area contributed by atoms with Crippen LogP contribution in [0.1, 0.15) is 12.8 Å². The number of nitrogens with zero attached hydrogens (tertiary/aromatic N) is 2. The first-order chi connectivity index (χ1) is 9.13. The van der Waals surface area contributed by atoms with Crippen molar-refractivity contribution in [3.8, 4) is 0 Å². The molecule has 1 heterocycles. The van der Waals surface area contributed by atoms with Crippen LogP contribution in [-0.4, -0.2) is 51.2 Å². The van der Waals surface area contributed by atoms with Crippen LogP contribution >= 0.6 is 0 Å². The van der Waals surface area contributed by atoms with Crippen molar-refractivity contribution in [3.05, 3.63) is 18.5 Å². The molecule has 1 unspecified atom stereocenters. The van der Waals surface area contributed by atoms with Crippen LogP contribution in [0.4, 0.5) is 4.79 Å². The Bertz CT molecular complexity index is 393. The van der Waals surface area contributed by atoms with Gasteiger partial charge in [0, 0.05) is 38.5 Å². The Morgan fingerprint density at radius 3 is 2.79 bits per heavy atom. The van der Waals surface area contributed by atoms with Crippen molar-refractivity contribution in [3.63, 3.8) is 0 Å². The van der Waals surface area contributed by atoms with Gasteiger partial charge >= 0.3 is 12.0 Å². The van der Waals surface area contributed by atoms with Gasteiger partial charge < -0.3 is 20.8 Å². The van der Waals surface area contributed by atoms with Crippen LogP contribution in [0.2, 0.25) is 0 Å². The van der Waals surface area contributed by atoms with E-state index in [2.05, 4.69) is 15.7 Å². The molecule has 8 heteroatoms. The number of hydrogen-bond donors (Lipinski definition) is 4. The van der Waals surface area contributed by atoms with E-state index in [9.17, 15) is 9.59 Å². The summed E-state index contributed by atoms with van der Waals surface area (Å²) in [5.41, 5.74) is 0. The van der Waals surface area contributed by atoms with Crippen molar-refractivity contribution < 1.29 is 19.8 Å². The summed E-state index contributed by atoms with van der Waals surface area (Å²) in [6.07, 6.45) is 4.16. The van der Waals surface area contributed by atoms with Crippen LogP contribution in [0, 0.1) is 0 Å². The van der Waals surface area contributed by atoms with E-state index in [1.807, 2.05) is 12.3 Å².